The van der Waals surface area contributed by atoms with E-state index in [1.165, 1.54) is 0 Å². The quantitative estimate of drug-likeness (QED) is 0.921. The highest BCUT2D eigenvalue weighted by molar-refractivity contribution is 6.30. The van der Waals surface area contributed by atoms with E-state index in [1.54, 1.807) is 32.2 Å². The summed E-state index contributed by atoms with van der Waals surface area (Å²) >= 11 is 5.94. The van der Waals surface area contributed by atoms with Crippen LogP contribution in [0.3, 0.4) is 0 Å². The van der Waals surface area contributed by atoms with Crippen molar-refractivity contribution < 1.29 is 14.1 Å². The third-order valence-corrected chi connectivity index (χ3v) is 3.04. The van der Waals surface area contributed by atoms with Crippen LogP contribution in [0.5, 0.6) is 0 Å². The summed E-state index contributed by atoms with van der Waals surface area (Å²) in [4.78, 5) is 11.9. The van der Waals surface area contributed by atoms with Gasteiger partial charge >= 0.3 is 0 Å². The molecule has 0 saturated carbocycles. The van der Waals surface area contributed by atoms with E-state index in [1.807, 2.05) is 12.1 Å². The molecule has 106 valence electrons. The number of rotatable bonds is 5. The Morgan fingerprint density at radius 2 is 2.30 bits per heavy atom. The van der Waals surface area contributed by atoms with Crippen LogP contribution in [0.2, 0.25) is 5.02 Å². The van der Waals surface area contributed by atoms with E-state index in [0.717, 1.165) is 5.56 Å². The van der Waals surface area contributed by atoms with Gasteiger partial charge in [-0.15, -0.1) is 0 Å². The lowest BCUT2D eigenvalue weighted by Gasteiger charge is -2.16. The van der Waals surface area contributed by atoms with Gasteiger partial charge in [-0.25, -0.2) is 0 Å². The third-order valence-electron chi connectivity index (χ3n) is 2.80. The van der Waals surface area contributed by atoms with Crippen molar-refractivity contribution in [3.05, 3.63) is 52.4 Å². The van der Waals surface area contributed by atoms with Crippen molar-refractivity contribution in [1.82, 2.24) is 10.5 Å². The predicted octanol–water partition coefficient (Wildman–Crippen LogP) is 2.75. The van der Waals surface area contributed by atoms with Crippen LogP contribution < -0.4 is 5.32 Å². The van der Waals surface area contributed by atoms with Gasteiger partial charge in [0, 0.05) is 24.7 Å². The molecule has 0 aliphatic rings. The second-order valence-electron chi connectivity index (χ2n) is 4.32. The molecular formula is C14H15ClN2O3. The largest absolute Gasteiger partial charge is 0.375 e. The Kier molecular flexibility index (Phi) is 4.76. The molecule has 2 rings (SSSR count). The summed E-state index contributed by atoms with van der Waals surface area (Å²) < 4.78 is 10.3. The Morgan fingerprint density at radius 3 is 2.90 bits per heavy atom. The molecule has 0 radical (unpaired) electrons. The zero-order valence-electron chi connectivity index (χ0n) is 11.2. The van der Waals surface area contributed by atoms with Gasteiger partial charge < -0.3 is 14.6 Å². The fourth-order valence-corrected chi connectivity index (χ4v) is 1.99. The number of halogens is 1. The zero-order chi connectivity index (χ0) is 14.5. The van der Waals surface area contributed by atoms with Gasteiger partial charge in [-0.1, -0.05) is 28.9 Å². The monoisotopic (exact) mass is 294 g/mol. The Morgan fingerprint density at radius 1 is 1.50 bits per heavy atom. The smallest absolute Gasteiger partial charge is 0.290 e. The lowest BCUT2D eigenvalue weighted by molar-refractivity contribution is 0.0800. The number of aromatic nitrogens is 1. The number of methoxy groups -OCH3 is 1. The molecule has 0 saturated heterocycles. The molecule has 1 heterocycles. The minimum Gasteiger partial charge on any atom is -0.375 e. The third kappa shape index (κ3) is 3.59. The van der Waals surface area contributed by atoms with Crippen LogP contribution in [0.4, 0.5) is 0 Å². The molecule has 1 aromatic heterocycles. The topological polar surface area (TPSA) is 64.4 Å². The highest BCUT2D eigenvalue weighted by Crippen LogP contribution is 2.19. The summed E-state index contributed by atoms with van der Waals surface area (Å²) in [5.74, 6) is -0.141. The number of carbonyl (C=O) groups excluding carboxylic acids is 1. The first-order chi connectivity index (χ1) is 9.60. The Bertz CT molecular complexity index is 598. The number of carbonyl (C=O) groups is 1. The predicted molar refractivity (Wildman–Crippen MR) is 74.8 cm³/mol. The van der Waals surface area contributed by atoms with Gasteiger partial charge in [0.1, 0.15) is 0 Å². The fraction of sp³-hybridized carbons (Fsp3) is 0.286. The average Bonchev–Trinajstić information content (AvgIpc) is 2.86. The minimum absolute atomic E-state index is 0.184. The lowest BCUT2D eigenvalue weighted by atomic mass is 10.1. The molecule has 0 aliphatic heterocycles. The number of hydrogen-bond acceptors (Lipinski definition) is 4. The Labute approximate surface area is 121 Å². The van der Waals surface area contributed by atoms with Gasteiger partial charge in [-0.3, -0.25) is 4.79 Å². The minimum atomic E-state index is -0.324. The number of amides is 1. The molecule has 1 aromatic carbocycles. The second-order valence-corrected chi connectivity index (χ2v) is 4.76. The molecule has 1 unspecified atom stereocenters. The van der Waals surface area contributed by atoms with Crippen LogP contribution in [-0.2, 0) is 4.74 Å². The van der Waals surface area contributed by atoms with Crippen molar-refractivity contribution in [3.8, 4) is 0 Å². The van der Waals surface area contributed by atoms with E-state index >= 15 is 0 Å². The van der Waals surface area contributed by atoms with Crippen molar-refractivity contribution in [2.45, 2.75) is 13.0 Å². The maximum Gasteiger partial charge on any atom is 0.290 e. The van der Waals surface area contributed by atoms with Gasteiger partial charge in [0.2, 0.25) is 5.76 Å². The number of hydrogen-bond donors (Lipinski definition) is 1. The molecule has 5 nitrogen and oxygen atoms in total. The fourth-order valence-electron chi connectivity index (χ4n) is 1.79. The second kappa shape index (κ2) is 6.54. The standard InChI is InChI=1S/C14H15ClN2O3/c1-9-6-12(20-17-9)14(18)16-8-13(19-2)10-4-3-5-11(15)7-10/h3-7,13H,8H2,1-2H3,(H,16,18). The van der Waals surface area contributed by atoms with Crippen LogP contribution in [-0.4, -0.2) is 24.7 Å². The van der Waals surface area contributed by atoms with Crippen molar-refractivity contribution in [2.24, 2.45) is 0 Å². The molecule has 6 heteroatoms. The van der Waals surface area contributed by atoms with Crippen molar-refractivity contribution >= 4 is 17.5 Å². The average molecular weight is 295 g/mol. The van der Waals surface area contributed by atoms with Crippen LogP contribution in [0.15, 0.2) is 34.9 Å². The van der Waals surface area contributed by atoms with Gasteiger partial charge in [0.25, 0.3) is 5.91 Å². The van der Waals surface area contributed by atoms with Crippen molar-refractivity contribution in [3.63, 3.8) is 0 Å². The Hall–Kier alpha value is -1.85. The first-order valence-corrected chi connectivity index (χ1v) is 6.47. The van der Waals surface area contributed by atoms with E-state index in [0.29, 0.717) is 17.3 Å². The SMILES string of the molecule is COC(CNC(=O)c1cc(C)no1)c1cccc(Cl)c1. The lowest BCUT2D eigenvalue weighted by Crippen LogP contribution is -2.28. The van der Waals surface area contributed by atoms with Crippen LogP contribution in [0, 0.1) is 6.92 Å². The Balaban J connectivity index is 1.99. The van der Waals surface area contributed by atoms with Crippen LogP contribution in [0.25, 0.3) is 0 Å². The van der Waals surface area contributed by atoms with Crippen molar-refractivity contribution in [2.75, 3.05) is 13.7 Å². The van der Waals surface area contributed by atoms with E-state index < -0.39 is 0 Å². The molecule has 20 heavy (non-hydrogen) atoms. The molecule has 0 bridgehead atoms. The summed E-state index contributed by atoms with van der Waals surface area (Å²) in [6, 6.07) is 8.90. The van der Waals surface area contributed by atoms with E-state index in [4.69, 9.17) is 20.9 Å². The maximum absolute atomic E-state index is 11.9. The number of nitrogens with one attached hydrogen (secondary N) is 1. The summed E-state index contributed by atoms with van der Waals surface area (Å²) in [7, 11) is 1.58. The van der Waals surface area contributed by atoms with Gasteiger partial charge in [-0.05, 0) is 24.6 Å². The first-order valence-electron chi connectivity index (χ1n) is 6.10. The molecule has 2 aromatic rings. The summed E-state index contributed by atoms with van der Waals surface area (Å²) in [5.41, 5.74) is 1.56. The van der Waals surface area contributed by atoms with Gasteiger partial charge in [0.05, 0.1) is 11.8 Å². The molecule has 0 fully saturated rings. The van der Waals surface area contributed by atoms with Crippen molar-refractivity contribution in [1.29, 1.82) is 0 Å². The van der Waals surface area contributed by atoms with E-state index in [-0.39, 0.29) is 17.8 Å². The number of aryl methyl sites for hydroxylation is 1. The molecule has 0 aliphatic carbocycles. The van der Waals surface area contributed by atoms with Crippen LogP contribution in [0.1, 0.15) is 27.9 Å². The highest BCUT2D eigenvalue weighted by Gasteiger charge is 2.15. The highest BCUT2D eigenvalue weighted by atomic mass is 35.5. The molecule has 1 amide bonds. The summed E-state index contributed by atoms with van der Waals surface area (Å²) in [5, 5.41) is 7.04. The number of ether oxygens (including phenoxy) is 1. The first kappa shape index (κ1) is 14.6. The van der Waals surface area contributed by atoms with Gasteiger partial charge in [0.15, 0.2) is 0 Å². The molecular weight excluding hydrogens is 280 g/mol. The normalized spacial score (nSPS) is 12.2. The summed E-state index contributed by atoms with van der Waals surface area (Å²) in [6.07, 6.45) is -0.276. The van der Waals surface area contributed by atoms with Gasteiger partial charge in [-0.2, -0.15) is 0 Å². The summed E-state index contributed by atoms with van der Waals surface area (Å²) in [6.45, 7) is 2.07. The number of benzene rings is 1. The maximum atomic E-state index is 11.9. The van der Waals surface area contributed by atoms with E-state index in [9.17, 15) is 4.79 Å². The van der Waals surface area contributed by atoms with E-state index in [2.05, 4.69) is 10.5 Å². The zero-order valence-corrected chi connectivity index (χ0v) is 12.0. The van der Waals surface area contributed by atoms with Crippen LogP contribution >= 0.6 is 11.6 Å². The molecule has 1 N–H and O–H groups in total. The molecule has 1 atom stereocenters. The number of nitrogens with zero attached hydrogens (tertiary/aromatic N) is 1. The molecule has 0 spiro atoms.